The lowest BCUT2D eigenvalue weighted by Gasteiger charge is -2.32. The Morgan fingerprint density at radius 1 is 1.38 bits per heavy atom. The maximum atomic E-state index is 5.43. The van der Waals surface area contributed by atoms with Crippen molar-refractivity contribution in [1.82, 2.24) is 15.1 Å². The van der Waals surface area contributed by atoms with Gasteiger partial charge in [-0.2, -0.15) is 0 Å². The summed E-state index contributed by atoms with van der Waals surface area (Å²) in [4.78, 5) is 9.28. The van der Waals surface area contributed by atoms with Crippen LogP contribution in [0.4, 0.5) is 0 Å². The van der Waals surface area contributed by atoms with Crippen LogP contribution in [0.1, 0.15) is 12.2 Å². The smallest absolute Gasteiger partial charge is 0.194 e. The van der Waals surface area contributed by atoms with Gasteiger partial charge in [0, 0.05) is 39.3 Å². The first kappa shape index (κ1) is 14.4. The van der Waals surface area contributed by atoms with E-state index in [0.717, 1.165) is 51.1 Å². The number of morpholine rings is 1. The summed E-state index contributed by atoms with van der Waals surface area (Å²) in [6.45, 7) is 6.61. The third-order valence-corrected chi connectivity index (χ3v) is 4.24. The molecule has 0 bridgehead atoms. The number of guanidine groups is 1. The number of hydrogen-bond donors (Lipinski definition) is 1. The topological polar surface area (TPSA) is 53.2 Å². The third kappa shape index (κ3) is 3.57. The molecule has 2 aliphatic rings. The highest BCUT2D eigenvalue weighted by molar-refractivity contribution is 5.80. The van der Waals surface area contributed by atoms with Gasteiger partial charge in [-0.1, -0.05) is 0 Å². The van der Waals surface area contributed by atoms with E-state index < -0.39 is 0 Å². The van der Waals surface area contributed by atoms with Crippen molar-refractivity contribution in [3.63, 3.8) is 0 Å². The van der Waals surface area contributed by atoms with Crippen molar-refractivity contribution in [1.29, 1.82) is 0 Å². The van der Waals surface area contributed by atoms with Gasteiger partial charge in [-0.3, -0.25) is 9.89 Å². The molecule has 0 spiro atoms. The van der Waals surface area contributed by atoms with Crippen LogP contribution >= 0.6 is 0 Å². The minimum absolute atomic E-state index is 0.621. The summed E-state index contributed by atoms with van der Waals surface area (Å²) in [6, 6.07) is 4.50. The molecule has 2 saturated heterocycles. The molecule has 3 rings (SSSR count). The van der Waals surface area contributed by atoms with Gasteiger partial charge in [-0.25, -0.2) is 0 Å². The van der Waals surface area contributed by atoms with E-state index in [2.05, 4.69) is 20.1 Å². The van der Waals surface area contributed by atoms with Gasteiger partial charge in [0.15, 0.2) is 5.96 Å². The van der Waals surface area contributed by atoms with Crippen LogP contribution in [0, 0.1) is 0 Å². The van der Waals surface area contributed by atoms with Crippen molar-refractivity contribution in [2.45, 2.75) is 19.0 Å². The first-order chi connectivity index (χ1) is 10.4. The molecule has 1 atom stereocenters. The standard InChI is InChI=1S/C15H24N4O2/c1-16-15(17-11-14-3-2-8-21-14)19-5-4-13(12-19)18-6-9-20-10-7-18/h2-3,8,13H,4-7,9-12H2,1H3,(H,16,17). The summed E-state index contributed by atoms with van der Waals surface area (Å²) < 4.78 is 10.8. The Morgan fingerprint density at radius 3 is 2.95 bits per heavy atom. The molecule has 0 amide bonds. The van der Waals surface area contributed by atoms with Crippen LogP contribution in [0.3, 0.4) is 0 Å². The average molecular weight is 292 g/mol. The predicted octanol–water partition coefficient (Wildman–Crippen LogP) is 0.762. The Kier molecular flexibility index (Phi) is 4.77. The Bertz CT molecular complexity index is 454. The van der Waals surface area contributed by atoms with Crippen LogP contribution in [-0.2, 0) is 11.3 Å². The lowest BCUT2D eigenvalue weighted by molar-refractivity contribution is 0.0195. The fraction of sp³-hybridized carbons (Fsp3) is 0.667. The zero-order chi connectivity index (χ0) is 14.5. The zero-order valence-corrected chi connectivity index (χ0v) is 12.6. The van der Waals surface area contributed by atoms with Crippen molar-refractivity contribution in [2.75, 3.05) is 46.4 Å². The highest BCUT2D eigenvalue weighted by Gasteiger charge is 2.30. The normalized spacial score (nSPS) is 24.5. The lowest BCUT2D eigenvalue weighted by Crippen LogP contribution is -2.46. The van der Waals surface area contributed by atoms with Gasteiger partial charge in [-0.15, -0.1) is 0 Å². The highest BCUT2D eigenvalue weighted by atomic mass is 16.5. The Hall–Kier alpha value is -1.53. The molecule has 2 fully saturated rings. The second-order valence-electron chi connectivity index (χ2n) is 5.52. The largest absolute Gasteiger partial charge is 0.467 e. The molecule has 1 N–H and O–H groups in total. The Morgan fingerprint density at radius 2 is 2.24 bits per heavy atom. The highest BCUT2D eigenvalue weighted by Crippen LogP contribution is 2.17. The second-order valence-corrected chi connectivity index (χ2v) is 5.52. The van der Waals surface area contributed by atoms with Gasteiger partial charge >= 0.3 is 0 Å². The van der Waals surface area contributed by atoms with Gasteiger partial charge in [0.1, 0.15) is 5.76 Å². The quantitative estimate of drug-likeness (QED) is 0.658. The SMILES string of the molecule is CN=C(NCc1ccco1)N1CCC(N2CCOCC2)C1. The van der Waals surface area contributed by atoms with E-state index in [0.29, 0.717) is 12.6 Å². The molecule has 1 aromatic rings. The molecule has 6 heteroatoms. The molecule has 0 saturated carbocycles. The monoisotopic (exact) mass is 292 g/mol. The first-order valence-electron chi connectivity index (χ1n) is 7.66. The predicted molar refractivity (Wildman–Crippen MR) is 81.3 cm³/mol. The van der Waals surface area contributed by atoms with Crippen molar-refractivity contribution >= 4 is 5.96 Å². The molecule has 6 nitrogen and oxygen atoms in total. The van der Waals surface area contributed by atoms with Crippen molar-refractivity contribution in [3.05, 3.63) is 24.2 Å². The van der Waals surface area contributed by atoms with Gasteiger partial charge in [0.05, 0.1) is 26.0 Å². The summed E-state index contributed by atoms with van der Waals surface area (Å²) in [5.74, 6) is 1.89. The maximum absolute atomic E-state index is 5.43. The number of rotatable bonds is 3. The average Bonchev–Trinajstić information content (AvgIpc) is 3.20. The number of nitrogens with one attached hydrogen (secondary N) is 1. The van der Waals surface area contributed by atoms with E-state index in [1.165, 1.54) is 6.42 Å². The van der Waals surface area contributed by atoms with Gasteiger partial charge < -0.3 is 19.4 Å². The summed E-state index contributed by atoms with van der Waals surface area (Å²) in [6.07, 6.45) is 2.89. The van der Waals surface area contributed by atoms with Crippen LogP contribution in [0.5, 0.6) is 0 Å². The van der Waals surface area contributed by atoms with Gasteiger partial charge in [-0.05, 0) is 18.6 Å². The molecule has 0 aliphatic carbocycles. The van der Waals surface area contributed by atoms with Crippen molar-refractivity contribution in [3.8, 4) is 0 Å². The molecule has 0 radical (unpaired) electrons. The van der Waals surface area contributed by atoms with Gasteiger partial charge in [0.25, 0.3) is 0 Å². The van der Waals surface area contributed by atoms with E-state index in [1.807, 2.05) is 19.2 Å². The summed E-state index contributed by atoms with van der Waals surface area (Å²) in [5, 5.41) is 3.38. The van der Waals surface area contributed by atoms with E-state index >= 15 is 0 Å². The number of likely N-dealkylation sites (tertiary alicyclic amines) is 1. The first-order valence-corrected chi connectivity index (χ1v) is 7.66. The fourth-order valence-corrected chi connectivity index (χ4v) is 3.09. The van der Waals surface area contributed by atoms with Crippen LogP contribution in [0.15, 0.2) is 27.8 Å². The number of furan rings is 1. The van der Waals surface area contributed by atoms with E-state index in [4.69, 9.17) is 9.15 Å². The zero-order valence-electron chi connectivity index (χ0n) is 12.6. The van der Waals surface area contributed by atoms with Crippen molar-refractivity contribution < 1.29 is 9.15 Å². The summed E-state index contributed by atoms with van der Waals surface area (Å²) in [7, 11) is 1.84. The molecule has 1 unspecified atom stereocenters. The number of hydrogen-bond acceptors (Lipinski definition) is 4. The Labute approximate surface area is 125 Å². The van der Waals surface area contributed by atoms with E-state index in [9.17, 15) is 0 Å². The molecule has 116 valence electrons. The number of nitrogens with zero attached hydrogens (tertiary/aromatic N) is 3. The van der Waals surface area contributed by atoms with Crippen LogP contribution < -0.4 is 5.32 Å². The number of aliphatic imine (C=N–C) groups is 1. The van der Waals surface area contributed by atoms with Crippen LogP contribution in [0.2, 0.25) is 0 Å². The Balaban J connectivity index is 1.51. The van der Waals surface area contributed by atoms with Crippen LogP contribution in [-0.4, -0.2) is 68.2 Å². The minimum atomic E-state index is 0.621. The van der Waals surface area contributed by atoms with E-state index in [1.54, 1.807) is 6.26 Å². The molecule has 3 heterocycles. The second kappa shape index (κ2) is 6.95. The summed E-state index contributed by atoms with van der Waals surface area (Å²) >= 11 is 0. The molecular weight excluding hydrogens is 268 g/mol. The maximum Gasteiger partial charge on any atom is 0.194 e. The lowest BCUT2D eigenvalue weighted by atomic mass is 10.2. The summed E-state index contributed by atoms with van der Waals surface area (Å²) in [5.41, 5.74) is 0. The fourth-order valence-electron chi connectivity index (χ4n) is 3.09. The third-order valence-electron chi connectivity index (χ3n) is 4.24. The number of ether oxygens (including phenoxy) is 1. The van der Waals surface area contributed by atoms with E-state index in [-0.39, 0.29) is 0 Å². The molecular formula is C15H24N4O2. The molecule has 21 heavy (non-hydrogen) atoms. The molecule has 1 aromatic heterocycles. The van der Waals surface area contributed by atoms with Gasteiger partial charge in [0.2, 0.25) is 0 Å². The van der Waals surface area contributed by atoms with Crippen LogP contribution in [0.25, 0.3) is 0 Å². The van der Waals surface area contributed by atoms with Crippen molar-refractivity contribution in [2.24, 2.45) is 4.99 Å². The molecule has 2 aliphatic heterocycles. The minimum Gasteiger partial charge on any atom is -0.467 e. The molecule has 0 aromatic carbocycles.